The molecule has 0 saturated heterocycles. The van der Waals surface area contributed by atoms with Gasteiger partial charge in [0.15, 0.2) is 6.10 Å². The van der Waals surface area contributed by atoms with E-state index in [0.29, 0.717) is 24.0 Å². The van der Waals surface area contributed by atoms with Gasteiger partial charge in [0.05, 0.1) is 21.1 Å². The van der Waals surface area contributed by atoms with Crippen molar-refractivity contribution in [3.05, 3.63) is 0 Å². The summed E-state index contributed by atoms with van der Waals surface area (Å²) in [5.74, 6) is -1.81. The Hall–Kier alpha value is -1.18. The number of carbonyl (C=O) groups is 2. The topological polar surface area (TPSA) is 118 Å². The fraction of sp³-hybridized carbons (Fsp3) is 0.846. The van der Waals surface area contributed by atoms with Crippen molar-refractivity contribution in [1.29, 1.82) is 0 Å². The van der Waals surface area contributed by atoms with Crippen LogP contribution in [0.4, 0.5) is 0 Å². The van der Waals surface area contributed by atoms with Crippen LogP contribution in [0.25, 0.3) is 0 Å². The minimum atomic E-state index is -1.24. The lowest BCUT2D eigenvalue weighted by Crippen LogP contribution is -2.46. The van der Waals surface area contributed by atoms with Crippen LogP contribution in [-0.4, -0.2) is 62.8 Å². The quantitative estimate of drug-likeness (QED) is 0.278. The van der Waals surface area contributed by atoms with E-state index < -0.39 is 24.1 Å². The lowest BCUT2D eigenvalue weighted by molar-refractivity contribution is -0.873. The number of nitrogens with zero attached hydrogens (tertiary/aromatic N) is 1. The number of carboxylic acids is 1. The largest absolute Gasteiger partial charge is 0.550 e. The molecular weight excluding hydrogens is 262 g/mol. The Labute approximate surface area is 120 Å². The molecule has 0 aliphatic heterocycles. The van der Waals surface area contributed by atoms with E-state index in [4.69, 9.17) is 16.2 Å². The summed E-state index contributed by atoms with van der Waals surface area (Å²) < 4.78 is 5.68. The minimum Gasteiger partial charge on any atom is -0.550 e. The SMILES string of the molecule is C[N+](C)(C)CC(CC(=O)[O-])OC(=O)[C@@H](N)CCCCN. The number of nitrogens with two attached hydrogens (primary N) is 2. The number of likely N-dealkylation sites (N-methyl/N-ethyl adjacent to an activating group) is 1. The summed E-state index contributed by atoms with van der Waals surface area (Å²) in [7, 11) is 5.66. The molecule has 118 valence electrons. The van der Waals surface area contributed by atoms with Gasteiger partial charge in [0.25, 0.3) is 0 Å². The third-order valence-electron chi connectivity index (χ3n) is 2.70. The summed E-state index contributed by atoms with van der Waals surface area (Å²) in [5, 5.41) is 10.7. The zero-order valence-corrected chi connectivity index (χ0v) is 12.6. The monoisotopic (exact) mass is 289 g/mol. The smallest absolute Gasteiger partial charge is 0.323 e. The summed E-state index contributed by atoms with van der Waals surface area (Å²) >= 11 is 0. The van der Waals surface area contributed by atoms with Gasteiger partial charge in [-0.1, -0.05) is 6.42 Å². The summed E-state index contributed by atoms with van der Waals surface area (Å²) in [6.45, 7) is 0.936. The van der Waals surface area contributed by atoms with Crippen LogP contribution in [0.3, 0.4) is 0 Å². The molecule has 0 bridgehead atoms. The number of carbonyl (C=O) groups excluding carboxylic acids is 2. The highest BCUT2D eigenvalue weighted by molar-refractivity contribution is 5.76. The van der Waals surface area contributed by atoms with Gasteiger partial charge in [-0.05, 0) is 19.4 Å². The number of unbranched alkanes of at least 4 members (excludes halogenated alkanes) is 1. The second kappa shape index (κ2) is 8.89. The number of hydrogen-bond donors (Lipinski definition) is 2. The molecule has 0 aromatic rings. The van der Waals surface area contributed by atoms with Crippen LogP contribution in [0.1, 0.15) is 25.7 Å². The Morgan fingerprint density at radius 2 is 1.85 bits per heavy atom. The average molecular weight is 289 g/mol. The zero-order chi connectivity index (χ0) is 15.8. The Kier molecular flexibility index (Phi) is 8.36. The first kappa shape index (κ1) is 18.8. The van der Waals surface area contributed by atoms with Crippen molar-refractivity contribution in [3.8, 4) is 0 Å². The molecule has 7 heteroatoms. The molecule has 0 amide bonds. The van der Waals surface area contributed by atoms with Crippen LogP contribution in [0.15, 0.2) is 0 Å². The number of esters is 1. The normalized spacial score (nSPS) is 14.7. The summed E-state index contributed by atoms with van der Waals surface area (Å²) in [5.41, 5.74) is 11.1. The zero-order valence-electron chi connectivity index (χ0n) is 12.6. The number of ether oxygens (including phenoxy) is 1. The van der Waals surface area contributed by atoms with Crippen molar-refractivity contribution in [1.82, 2.24) is 0 Å². The molecule has 2 atom stereocenters. The van der Waals surface area contributed by atoms with Gasteiger partial charge in [-0.15, -0.1) is 0 Å². The van der Waals surface area contributed by atoms with Gasteiger partial charge >= 0.3 is 5.97 Å². The number of aliphatic carboxylic acids is 1. The van der Waals surface area contributed by atoms with Crippen LogP contribution in [-0.2, 0) is 14.3 Å². The molecule has 0 fully saturated rings. The highest BCUT2D eigenvalue weighted by Gasteiger charge is 2.25. The van der Waals surface area contributed by atoms with E-state index in [0.717, 1.165) is 12.8 Å². The Morgan fingerprint density at radius 1 is 1.25 bits per heavy atom. The van der Waals surface area contributed by atoms with Crippen molar-refractivity contribution in [2.75, 3.05) is 34.2 Å². The molecule has 0 aromatic carbocycles. The molecule has 7 nitrogen and oxygen atoms in total. The molecule has 0 rings (SSSR count). The van der Waals surface area contributed by atoms with Gasteiger partial charge in [0, 0.05) is 12.4 Å². The van der Waals surface area contributed by atoms with Crippen molar-refractivity contribution in [2.45, 2.75) is 37.8 Å². The van der Waals surface area contributed by atoms with E-state index in [1.165, 1.54) is 0 Å². The van der Waals surface area contributed by atoms with Crippen molar-refractivity contribution < 1.29 is 23.9 Å². The van der Waals surface area contributed by atoms with Crippen LogP contribution >= 0.6 is 0 Å². The molecule has 0 heterocycles. The van der Waals surface area contributed by atoms with Gasteiger partial charge < -0.3 is 30.6 Å². The van der Waals surface area contributed by atoms with Crippen molar-refractivity contribution in [3.63, 3.8) is 0 Å². The maximum absolute atomic E-state index is 11.8. The fourth-order valence-corrected chi connectivity index (χ4v) is 1.82. The third-order valence-corrected chi connectivity index (χ3v) is 2.70. The first-order chi connectivity index (χ1) is 9.15. The second-order valence-electron chi connectivity index (χ2n) is 6.00. The fourth-order valence-electron chi connectivity index (χ4n) is 1.82. The molecule has 0 aliphatic rings. The van der Waals surface area contributed by atoms with Gasteiger partial charge in [-0.3, -0.25) is 4.79 Å². The maximum atomic E-state index is 11.8. The second-order valence-corrected chi connectivity index (χ2v) is 6.00. The van der Waals surface area contributed by atoms with Crippen LogP contribution in [0, 0.1) is 0 Å². The first-order valence-electron chi connectivity index (χ1n) is 6.82. The molecule has 0 aromatic heterocycles. The third kappa shape index (κ3) is 9.71. The summed E-state index contributed by atoms with van der Waals surface area (Å²) in [4.78, 5) is 22.5. The summed E-state index contributed by atoms with van der Waals surface area (Å²) in [6, 6.07) is -0.738. The van der Waals surface area contributed by atoms with Crippen molar-refractivity contribution in [2.24, 2.45) is 11.5 Å². The Bertz CT molecular complexity index is 315. The molecule has 20 heavy (non-hydrogen) atoms. The molecular formula is C13H27N3O4. The van der Waals surface area contributed by atoms with Gasteiger partial charge in [-0.25, -0.2) is 0 Å². The first-order valence-corrected chi connectivity index (χ1v) is 6.82. The highest BCUT2D eigenvalue weighted by Crippen LogP contribution is 2.08. The number of rotatable bonds is 10. The highest BCUT2D eigenvalue weighted by atomic mass is 16.5. The van der Waals surface area contributed by atoms with Crippen LogP contribution in [0.5, 0.6) is 0 Å². The van der Waals surface area contributed by atoms with Gasteiger partial charge in [0.2, 0.25) is 0 Å². The number of hydrogen-bond acceptors (Lipinski definition) is 6. The Morgan fingerprint density at radius 3 is 2.30 bits per heavy atom. The minimum absolute atomic E-state index is 0.323. The van der Waals surface area contributed by atoms with E-state index in [1.54, 1.807) is 0 Å². The van der Waals surface area contributed by atoms with Gasteiger partial charge in [-0.2, -0.15) is 0 Å². The molecule has 0 aliphatic carbocycles. The standard InChI is InChI=1S/C13H27N3O4/c1-16(2,3)9-10(8-12(17)18)20-13(19)11(15)6-4-5-7-14/h10-11H,4-9,14-15H2,1-3H3/t10?,11-/m0/s1. The molecule has 4 N–H and O–H groups in total. The molecule has 1 unspecified atom stereocenters. The molecule has 0 radical (unpaired) electrons. The van der Waals surface area contributed by atoms with Crippen molar-refractivity contribution >= 4 is 11.9 Å². The lowest BCUT2D eigenvalue weighted by Gasteiger charge is -2.29. The number of quaternary nitrogens is 1. The maximum Gasteiger partial charge on any atom is 0.323 e. The molecule has 0 spiro atoms. The van der Waals surface area contributed by atoms with E-state index in [-0.39, 0.29) is 6.42 Å². The predicted octanol–water partition coefficient (Wildman–Crippen LogP) is -1.80. The van der Waals surface area contributed by atoms with Crippen LogP contribution in [0.2, 0.25) is 0 Å². The van der Waals surface area contributed by atoms with E-state index in [2.05, 4.69) is 0 Å². The number of carboxylic acid groups (broad SMARTS) is 1. The Balaban J connectivity index is 4.40. The van der Waals surface area contributed by atoms with E-state index in [9.17, 15) is 14.7 Å². The molecule has 0 saturated carbocycles. The van der Waals surface area contributed by atoms with E-state index >= 15 is 0 Å². The van der Waals surface area contributed by atoms with Crippen LogP contribution < -0.4 is 16.6 Å². The average Bonchev–Trinajstić information content (AvgIpc) is 2.25. The predicted molar refractivity (Wildman–Crippen MR) is 73.3 cm³/mol. The summed E-state index contributed by atoms with van der Waals surface area (Å²) in [6.07, 6.45) is 0.971. The lowest BCUT2D eigenvalue weighted by atomic mass is 10.1. The van der Waals surface area contributed by atoms with Gasteiger partial charge in [0.1, 0.15) is 12.6 Å². The van der Waals surface area contributed by atoms with E-state index in [1.807, 2.05) is 21.1 Å².